The van der Waals surface area contributed by atoms with E-state index in [0.717, 1.165) is 23.7 Å². The highest BCUT2D eigenvalue weighted by molar-refractivity contribution is 9.10. The molecule has 4 nitrogen and oxygen atoms in total. The number of imide groups is 1. The molecule has 2 amide bonds. The van der Waals surface area contributed by atoms with Gasteiger partial charge in [0.25, 0.3) is 11.8 Å². The van der Waals surface area contributed by atoms with Crippen LogP contribution in [0.2, 0.25) is 0 Å². The van der Waals surface area contributed by atoms with E-state index in [1.807, 2.05) is 0 Å². The minimum Gasteiger partial charge on any atom is -0.393 e. The molecule has 1 fully saturated rings. The second-order valence-corrected chi connectivity index (χ2v) is 6.56. The Morgan fingerprint density at radius 3 is 2.65 bits per heavy atom. The lowest BCUT2D eigenvalue weighted by atomic mass is 10.0. The van der Waals surface area contributed by atoms with E-state index in [9.17, 15) is 9.59 Å². The molecule has 0 radical (unpaired) electrons. The molecule has 0 bridgehead atoms. The number of benzene rings is 1. The number of carbonyl (C=O) groups is 2. The molecule has 1 aromatic rings. The van der Waals surface area contributed by atoms with Crippen molar-refractivity contribution < 1.29 is 9.59 Å². The van der Waals surface area contributed by atoms with E-state index >= 15 is 0 Å². The zero-order valence-electron chi connectivity index (χ0n) is 10.6. The van der Waals surface area contributed by atoms with Gasteiger partial charge in [0, 0.05) is 16.4 Å². The van der Waals surface area contributed by atoms with Gasteiger partial charge in [-0.1, -0.05) is 34.6 Å². The van der Waals surface area contributed by atoms with Crippen molar-refractivity contribution in [2.24, 2.45) is 11.7 Å². The fourth-order valence-electron chi connectivity index (χ4n) is 3.11. The maximum atomic E-state index is 12.5. The van der Waals surface area contributed by atoms with Crippen LogP contribution >= 0.6 is 28.1 Å². The standard InChI is InChI=1S/C14H13BrN2O2S/c15-7-4-5-8-10(6-7)14(19)17(13(8)18)11-3-1-2-9(11)12(16)20/h4-6,9,11H,1-3H2,(H2,16,20). The van der Waals surface area contributed by atoms with Gasteiger partial charge in [0.15, 0.2) is 0 Å². The second-order valence-electron chi connectivity index (χ2n) is 5.18. The molecular formula is C14H13BrN2O2S. The van der Waals surface area contributed by atoms with Crippen LogP contribution < -0.4 is 5.73 Å². The maximum Gasteiger partial charge on any atom is 0.261 e. The highest BCUT2D eigenvalue weighted by Crippen LogP contribution is 2.36. The van der Waals surface area contributed by atoms with Crippen LogP contribution in [0.5, 0.6) is 0 Å². The van der Waals surface area contributed by atoms with Gasteiger partial charge < -0.3 is 5.73 Å². The van der Waals surface area contributed by atoms with E-state index in [2.05, 4.69) is 15.9 Å². The minimum atomic E-state index is -0.237. The molecule has 2 N–H and O–H groups in total. The Morgan fingerprint density at radius 1 is 1.25 bits per heavy atom. The van der Waals surface area contributed by atoms with E-state index in [1.54, 1.807) is 18.2 Å². The number of nitrogens with zero attached hydrogens (tertiary/aromatic N) is 1. The van der Waals surface area contributed by atoms with Crippen molar-refractivity contribution in [3.8, 4) is 0 Å². The van der Waals surface area contributed by atoms with Gasteiger partial charge in [-0.25, -0.2) is 0 Å². The molecule has 0 saturated heterocycles. The van der Waals surface area contributed by atoms with Gasteiger partial charge in [-0.15, -0.1) is 0 Å². The summed E-state index contributed by atoms with van der Waals surface area (Å²) < 4.78 is 0.788. The Bertz CT molecular complexity index is 632. The number of amides is 2. The summed E-state index contributed by atoms with van der Waals surface area (Å²) in [7, 11) is 0. The average Bonchev–Trinajstić information content (AvgIpc) is 2.95. The summed E-state index contributed by atoms with van der Waals surface area (Å²) in [5.41, 5.74) is 6.67. The minimum absolute atomic E-state index is 0.0596. The van der Waals surface area contributed by atoms with Gasteiger partial charge >= 0.3 is 0 Å². The molecule has 2 atom stereocenters. The van der Waals surface area contributed by atoms with Crippen LogP contribution in [0.1, 0.15) is 40.0 Å². The molecule has 20 heavy (non-hydrogen) atoms. The number of hydrogen-bond donors (Lipinski definition) is 1. The first-order chi connectivity index (χ1) is 9.50. The smallest absolute Gasteiger partial charge is 0.261 e. The Hall–Kier alpha value is -1.27. The summed E-state index contributed by atoms with van der Waals surface area (Å²) in [5.74, 6) is -0.527. The fourth-order valence-corrected chi connectivity index (χ4v) is 3.75. The molecule has 0 spiro atoms. The summed E-state index contributed by atoms with van der Waals surface area (Å²) >= 11 is 8.40. The summed E-state index contributed by atoms with van der Waals surface area (Å²) in [6.45, 7) is 0. The molecule has 1 heterocycles. The monoisotopic (exact) mass is 352 g/mol. The Morgan fingerprint density at radius 2 is 1.95 bits per heavy atom. The number of rotatable bonds is 2. The molecule has 6 heteroatoms. The third kappa shape index (κ3) is 1.98. The molecule has 3 rings (SSSR count). The lowest BCUT2D eigenvalue weighted by molar-refractivity contribution is 0.0571. The van der Waals surface area contributed by atoms with E-state index in [0.29, 0.717) is 16.1 Å². The number of halogens is 1. The molecule has 1 aromatic carbocycles. The highest BCUT2D eigenvalue weighted by Gasteiger charge is 2.45. The molecule has 104 valence electrons. The van der Waals surface area contributed by atoms with Crippen LogP contribution in [-0.2, 0) is 0 Å². The van der Waals surface area contributed by atoms with Crippen LogP contribution in [0.15, 0.2) is 22.7 Å². The van der Waals surface area contributed by atoms with Crippen LogP contribution in [-0.4, -0.2) is 27.7 Å². The fraction of sp³-hybridized carbons (Fsp3) is 0.357. The first-order valence-electron chi connectivity index (χ1n) is 6.47. The van der Waals surface area contributed by atoms with Gasteiger partial charge in [0.2, 0.25) is 0 Å². The van der Waals surface area contributed by atoms with Crippen molar-refractivity contribution in [2.45, 2.75) is 25.3 Å². The Balaban J connectivity index is 1.99. The van der Waals surface area contributed by atoms with Crippen molar-refractivity contribution >= 4 is 45.0 Å². The van der Waals surface area contributed by atoms with Crippen molar-refractivity contribution in [2.75, 3.05) is 0 Å². The largest absolute Gasteiger partial charge is 0.393 e. The van der Waals surface area contributed by atoms with Gasteiger partial charge in [-0.3, -0.25) is 14.5 Å². The zero-order chi connectivity index (χ0) is 14.4. The molecule has 2 unspecified atom stereocenters. The molecule has 1 aliphatic carbocycles. The third-order valence-electron chi connectivity index (χ3n) is 4.06. The van der Waals surface area contributed by atoms with Crippen LogP contribution in [0.3, 0.4) is 0 Å². The maximum absolute atomic E-state index is 12.5. The van der Waals surface area contributed by atoms with Crippen molar-refractivity contribution in [3.05, 3.63) is 33.8 Å². The topological polar surface area (TPSA) is 63.4 Å². The molecule has 1 saturated carbocycles. The van der Waals surface area contributed by atoms with E-state index in [1.165, 1.54) is 4.90 Å². The Labute approximate surface area is 130 Å². The summed E-state index contributed by atoms with van der Waals surface area (Å²) in [4.78, 5) is 26.7. The molecule has 2 aliphatic rings. The molecule has 1 aliphatic heterocycles. The van der Waals surface area contributed by atoms with Gasteiger partial charge in [-0.05, 0) is 31.0 Å². The SMILES string of the molecule is NC(=S)C1CCCC1N1C(=O)c2ccc(Br)cc2C1=O. The molecular weight excluding hydrogens is 340 g/mol. The van der Waals surface area contributed by atoms with Gasteiger partial charge in [0.05, 0.1) is 16.1 Å². The lowest BCUT2D eigenvalue weighted by Crippen LogP contribution is -2.45. The van der Waals surface area contributed by atoms with Crippen molar-refractivity contribution in [1.82, 2.24) is 4.90 Å². The summed E-state index contributed by atoms with van der Waals surface area (Å²) in [5, 5.41) is 0. The predicted molar refractivity (Wildman–Crippen MR) is 82.6 cm³/mol. The van der Waals surface area contributed by atoms with E-state index in [4.69, 9.17) is 18.0 Å². The first-order valence-corrected chi connectivity index (χ1v) is 7.67. The van der Waals surface area contributed by atoms with Gasteiger partial charge in [0.1, 0.15) is 0 Å². The normalized spacial score (nSPS) is 25.1. The lowest BCUT2D eigenvalue weighted by Gasteiger charge is -2.27. The number of thiocarbonyl (C=S) groups is 1. The van der Waals surface area contributed by atoms with Crippen molar-refractivity contribution in [3.63, 3.8) is 0 Å². The van der Waals surface area contributed by atoms with Crippen LogP contribution in [0.25, 0.3) is 0 Å². The zero-order valence-corrected chi connectivity index (χ0v) is 13.0. The number of hydrogen-bond acceptors (Lipinski definition) is 3. The third-order valence-corrected chi connectivity index (χ3v) is 4.85. The average molecular weight is 353 g/mol. The Kier molecular flexibility index (Phi) is 3.38. The highest BCUT2D eigenvalue weighted by atomic mass is 79.9. The van der Waals surface area contributed by atoms with E-state index in [-0.39, 0.29) is 23.8 Å². The first kappa shape index (κ1) is 13.7. The summed E-state index contributed by atoms with van der Waals surface area (Å²) in [6.07, 6.45) is 2.55. The number of nitrogens with two attached hydrogens (primary N) is 1. The van der Waals surface area contributed by atoms with Crippen LogP contribution in [0.4, 0.5) is 0 Å². The van der Waals surface area contributed by atoms with Crippen LogP contribution in [0, 0.1) is 5.92 Å². The second kappa shape index (κ2) is 4.93. The van der Waals surface area contributed by atoms with E-state index < -0.39 is 0 Å². The quantitative estimate of drug-likeness (QED) is 0.656. The molecule has 0 aromatic heterocycles. The van der Waals surface area contributed by atoms with Crippen molar-refractivity contribution in [1.29, 1.82) is 0 Å². The predicted octanol–water partition coefficient (Wildman–Crippen LogP) is 2.50. The number of carbonyl (C=O) groups excluding carboxylic acids is 2. The number of fused-ring (bicyclic) bond motifs is 1. The summed E-state index contributed by atoms with van der Waals surface area (Å²) in [6, 6.07) is 4.96. The van der Waals surface area contributed by atoms with Gasteiger partial charge in [-0.2, -0.15) is 0 Å².